The Morgan fingerprint density at radius 3 is 2.33 bits per heavy atom. The molecule has 1 amide bonds. The van der Waals surface area contributed by atoms with Gasteiger partial charge in [-0.3, -0.25) is 4.79 Å². The van der Waals surface area contributed by atoms with Crippen molar-refractivity contribution in [1.82, 2.24) is 10.1 Å². The molecular weight excluding hydrogens is 306 g/mol. The maximum Gasteiger partial charge on any atom is 0.336 e. The monoisotopic (exact) mass is 313 g/mol. The van der Waals surface area contributed by atoms with Gasteiger partial charge in [-0.15, -0.1) is 0 Å². The smallest absolute Gasteiger partial charge is 0.336 e. The average molecular weight is 314 g/mol. The van der Waals surface area contributed by atoms with E-state index in [1.807, 2.05) is 0 Å². The zero-order valence-corrected chi connectivity index (χ0v) is 10.5. The summed E-state index contributed by atoms with van der Waals surface area (Å²) < 4.78 is 4.83. The molecule has 8 heteroatoms. The van der Waals surface area contributed by atoms with Crippen molar-refractivity contribution in [2.24, 2.45) is 5.73 Å². The number of carboxylic acids is 1. The maximum atomic E-state index is 10.4. The van der Waals surface area contributed by atoms with Gasteiger partial charge in [0, 0.05) is 4.47 Å². The molecular formula is C10H8BrN3O4. The molecule has 1 aromatic heterocycles. The van der Waals surface area contributed by atoms with Crippen LogP contribution in [-0.2, 0) is 0 Å². The Morgan fingerprint density at radius 2 is 2.00 bits per heavy atom. The highest BCUT2D eigenvalue weighted by Gasteiger charge is 2.04. The van der Waals surface area contributed by atoms with E-state index in [4.69, 9.17) is 10.8 Å². The molecule has 1 heterocycles. The van der Waals surface area contributed by atoms with Gasteiger partial charge in [-0.1, -0.05) is 17.3 Å². The van der Waals surface area contributed by atoms with Crippen LogP contribution in [0.3, 0.4) is 0 Å². The minimum atomic E-state index is -0.910. The first kappa shape index (κ1) is 13.8. The van der Waals surface area contributed by atoms with Gasteiger partial charge in [-0.25, -0.2) is 4.79 Å². The summed E-state index contributed by atoms with van der Waals surface area (Å²) in [4.78, 5) is 23.9. The lowest BCUT2D eigenvalue weighted by atomic mass is 10.2. The molecule has 0 spiro atoms. The van der Waals surface area contributed by atoms with E-state index in [0.717, 1.165) is 6.39 Å². The van der Waals surface area contributed by atoms with Crippen LogP contribution in [0.4, 0.5) is 0 Å². The van der Waals surface area contributed by atoms with Crippen LogP contribution in [0.2, 0.25) is 0 Å². The molecule has 0 radical (unpaired) electrons. The summed E-state index contributed by atoms with van der Waals surface area (Å²) in [6.45, 7) is 0. The fraction of sp³-hybridized carbons (Fsp3) is 0. The highest BCUT2D eigenvalue weighted by molar-refractivity contribution is 9.10. The van der Waals surface area contributed by atoms with Crippen LogP contribution in [-0.4, -0.2) is 27.1 Å². The topological polar surface area (TPSA) is 119 Å². The largest absolute Gasteiger partial charge is 0.478 e. The lowest BCUT2D eigenvalue weighted by Gasteiger charge is -1.94. The molecule has 1 aromatic carbocycles. The summed E-state index contributed by atoms with van der Waals surface area (Å²) in [7, 11) is 0. The van der Waals surface area contributed by atoms with Crippen LogP contribution >= 0.6 is 15.9 Å². The summed E-state index contributed by atoms with van der Waals surface area (Å²) in [6.07, 6.45) is 1.04. The standard InChI is InChI=1S/C7H5BrO2.C3H3N3O2/c8-6-4-2-1-3-5(6)7(9)10;4-2(7)3-5-1-8-6-3/h1-4H,(H,9,10);1H,(H2,4,7). The molecule has 0 aliphatic rings. The van der Waals surface area contributed by atoms with Gasteiger partial charge in [0.15, 0.2) is 0 Å². The maximum absolute atomic E-state index is 10.4. The molecule has 0 fully saturated rings. The first-order chi connectivity index (χ1) is 8.52. The number of nitrogens with zero attached hydrogens (tertiary/aromatic N) is 2. The normalized spacial score (nSPS) is 9.17. The van der Waals surface area contributed by atoms with Crippen LogP contribution in [0.25, 0.3) is 0 Å². The van der Waals surface area contributed by atoms with Gasteiger partial charge in [0.2, 0.25) is 6.39 Å². The number of amides is 1. The highest BCUT2D eigenvalue weighted by Crippen LogP contribution is 2.14. The van der Waals surface area contributed by atoms with Crippen LogP contribution in [0.15, 0.2) is 39.7 Å². The van der Waals surface area contributed by atoms with Crippen LogP contribution in [0, 0.1) is 0 Å². The van der Waals surface area contributed by atoms with E-state index < -0.39 is 11.9 Å². The second-order valence-corrected chi connectivity index (χ2v) is 3.76. The van der Waals surface area contributed by atoms with Crippen molar-refractivity contribution in [2.75, 3.05) is 0 Å². The van der Waals surface area contributed by atoms with Gasteiger partial charge >= 0.3 is 5.97 Å². The molecule has 2 rings (SSSR count). The molecule has 0 unspecified atom stereocenters. The zero-order chi connectivity index (χ0) is 13.5. The number of primary amides is 1. The van der Waals surface area contributed by atoms with E-state index in [2.05, 4.69) is 30.6 Å². The molecule has 0 bridgehead atoms. The summed E-state index contributed by atoms with van der Waals surface area (Å²) in [5, 5.41) is 11.7. The number of aromatic carboxylic acids is 1. The van der Waals surface area contributed by atoms with E-state index in [-0.39, 0.29) is 5.82 Å². The summed E-state index contributed by atoms with van der Waals surface area (Å²) in [5.74, 6) is -1.68. The molecule has 3 N–H and O–H groups in total. The Kier molecular flexibility index (Phi) is 5.00. The van der Waals surface area contributed by atoms with Crippen molar-refractivity contribution in [3.8, 4) is 0 Å². The molecule has 0 saturated carbocycles. The number of aromatic nitrogens is 2. The number of carbonyl (C=O) groups is 2. The second kappa shape index (κ2) is 6.50. The Balaban J connectivity index is 0.000000184. The molecule has 0 aliphatic heterocycles. The van der Waals surface area contributed by atoms with Gasteiger partial charge in [0.05, 0.1) is 5.56 Å². The Labute approximate surface area is 110 Å². The zero-order valence-electron chi connectivity index (χ0n) is 8.91. The van der Waals surface area contributed by atoms with E-state index >= 15 is 0 Å². The van der Waals surface area contributed by atoms with Crippen molar-refractivity contribution < 1.29 is 19.2 Å². The van der Waals surface area contributed by atoms with Crippen molar-refractivity contribution >= 4 is 27.8 Å². The second-order valence-electron chi connectivity index (χ2n) is 2.90. The van der Waals surface area contributed by atoms with E-state index in [9.17, 15) is 9.59 Å². The highest BCUT2D eigenvalue weighted by atomic mass is 79.9. The Bertz CT molecular complexity index is 542. The van der Waals surface area contributed by atoms with E-state index in [0.29, 0.717) is 10.0 Å². The molecule has 0 saturated heterocycles. The van der Waals surface area contributed by atoms with Crippen LogP contribution in [0.5, 0.6) is 0 Å². The third-order valence-electron chi connectivity index (χ3n) is 1.69. The number of hydrogen-bond donors (Lipinski definition) is 2. The van der Waals surface area contributed by atoms with Crippen molar-refractivity contribution in [1.29, 1.82) is 0 Å². The van der Waals surface area contributed by atoms with Crippen molar-refractivity contribution in [3.63, 3.8) is 0 Å². The SMILES string of the molecule is NC(=O)c1ncon1.O=C(O)c1ccccc1Br. The average Bonchev–Trinajstić information content (AvgIpc) is 2.83. The van der Waals surface area contributed by atoms with Crippen LogP contribution in [0.1, 0.15) is 21.0 Å². The number of carboxylic acid groups (broad SMARTS) is 1. The Morgan fingerprint density at radius 1 is 1.33 bits per heavy atom. The third kappa shape index (κ3) is 3.98. The van der Waals surface area contributed by atoms with Crippen molar-refractivity contribution in [3.05, 3.63) is 46.5 Å². The quantitative estimate of drug-likeness (QED) is 0.862. The fourth-order valence-corrected chi connectivity index (χ4v) is 1.37. The first-order valence-corrected chi connectivity index (χ1v) is 5.35. The van der Waals surface area contributed by atoms with Gasteiger partial charge in [-0.2, -0.15) is 4.98 Å². The molecule has 0 aliphatic carbocycles. The number of rotatable bonds is 2. The number of nitrogens with two attached hydrogens (primary N) is 1. The summed E-state index contributed by atoms with van der Waals surface area (Å²) in [5.41, 5.74) is 5.03. The number of halogens is 1. The molecule has 0 atom stereocenters. The van der Waals surface area contributed by atoms with Gasteiger partial charge in [-0.05, 0) is 28.1 Å². The fourth-order valence-electron chi connectivity index (χ4n) is 0.914. The van der Waals surface area contributed by atoms with Gasteiger partial charge in [0.1, 0.15) is 0 Å². The predicted molar refractivity (Wildman–Crippen MR) is 63.9 cm³/mol. The van der Waals surface area contributed by atoms with Gasteiger partial charge in [0.25, 0.3) is 11.7 Å². The lowest BCUT2D eigenvalue weighted by Crippen LogP contribution is -2.12. The molecule has 94 valence electrons. The van der Waals surface area contributed by atoms with Crippen molar-refractivity contribution in [2.45, 2.75) is 0 Å². The first-order valence-electron chi connectivity index (χ1n) is 4.56. The molecule has 7 nitrogen and oxygen atoms in total. The Hall–Kier alpha value is -2.22. The summed E-state index contributed by atoms with van der Waals surface area (Å²) in [6, 6.07) is 6.71. The minimum Gasteiger partial charge on any atom is -0.478 e. The third-order valence-corrected chi connectivity index (χ3v) is 2.38. The van der Waals surface area contributed by atoms with E-state index in [1.165, 1.54) is 0 Å². The van der Waals surface area contributed by atoms with E-state index in [1.54, 1.807) is 24.3 Å². The molecule has 2 aromatic rings. The predicted octanol–water partition coefficient (Wildman–Crippen LogP) is 1.32. The number of hydrogen-bond acceptors (Lipinski definition) is 5. The molecule has 18 heavy (non-hydrogen) atoms. The lowest BCUT2D eigenvalue weighted by molar-refractivity contribution is 0.0695. The summed E-state index contributed by atoms with van der Waals surface area (Å²) >= 11 is 3.12. The van der Waals surface area contributed by atoms with Crippen LogP contribution < -0.4 is 5.73 Å². The number of benzene rings is 1. The number of carbonyl (C=O) groups excluding carboxylic acids is 1. The minimum absolute atomic E-state index is 0.0926. The van der Waals surface area contributed by atoms with Gasteiger partial charge < -0.3 is 15.4 Å².